The maximum Gasteiger partial charge on any atom is 0.416 e. The van der Waals surface area contributed by atoms with E-state index in [1.165, 1.54) is 49.1 Å². The molecule has 1 aromatic heterocycles. The zero-order valence-electron chi connectivity index (χ0n) is 17.1. The summed E-state index contributed by atoms with van der Waals surface area (Å²) in [6, 6.07) is 11.7. The maximum absolute atomic E-state index is 12.8. The number of carboxylic acid groups (broad SMARTS) is 1. The topological polar surface area (TPSA) is 79.7 Å². The number of nitrogens with zero attached hydrogens (tertiary/aromatic N) is 1. The van der Waals surface area contributed by atoms with Gasteiger partial charge in [-0.3, -0.25) is 0 Å². The minimum absolute atomic E-state index is 0.274. The van der Waals surface area contributed by atoms with Gasteiger partial charge in [0.05, 0.1) is 17.9 Å². The lowest BCUT2D eigenvalue weighted by atomic mass is 10.1. The van der Waals surface area contributed by atoms with Crippen LogP contribution in [0.25, 0.3) is 10.6 Å². The lowest BCUT2D eigenvalue weighted by molar-refractivity contribution is -0.152. The third-order valence-electron chi connectivity index (χ3n) is 4.47. The second-order valence-corrected chi connectivity index (χ2v) is 9.43. The Morgan fingerprint density at radius 1 is 1.09 bits per heavy atom. The molecule has 0 radical (unpaired) electrons. The summed E-state index contributed by atoms with van der Waals surface area (Å²) in [6.45, 7) is 2.66. The number of ether oxygens (including phenoxy) is 1. The van der Waals surface area contributed by atoms with Gasteiger partial charge in [-0.15, -0.1) is 23.1 Å². The fraction of sp³-hybridized carbons (Fsp3) is 0.273. The lowest BCUT2D eigenvalue weighted by Crippen LogP contribution is -2.37. The molecule has 170 valence electrons. The fourth-order valence-electron chi connectivity index (χ4n) is 2.64. The first-order valence-corrected chi connectivity index (χ1v) is 11.2. The molecule has 2 aromatic carbocycles. The summed E-state index contributed by atoms with van der Waals surface area (Å²) < 4.78 is 43.8. The van der Waals surface area contributed by atoms with Crippen LogP contribution in [-0.2, 0) is 23.3 Å². The Morgan fingerprint density at radius 3 is 2.25 bits per heavy atom. The average molecular weight is 484 g/mol. The average Bonchev–Trinajstić information content (AvgIpc) is 3.16. The molecule has 0 spiro atoms. The number of aromatic nitrogens is 1. The minimum atomic E-state index is -4.40. The van der Waals surface area contributed by atoms with Crippen molar-refractivity contribution >= 4 is 29.1 Å². The Bertz CT molecular complexity index is 1080. The lowest BCUT2D eigenvalue weighted by Gasteiger charge is -2.21. The first kappa shape index (κ1) is 24.1. The zero-order chi connectivity index (χ0) is 23.5. The van der Waals surface area contributed by atoms with E-state index in [1.54, 1.807) is 24.3 Å². The maximum atomic E-state index is 12.8. The van der Waals surface area contributed by atoms with E-state index in [9.17, 15) is 23.1 Å². The monoisotopic (exact) mass is 483 g/mol. The summed E-state index contributed by atoms with van der Waals surface area (Å²) in [4.78, 5) is 17.3. The SMILES string of the molecule is CC(C)(Oc1ccc(SCc2sc(-c3ccc(C(F)(F)F)cc3)nc2CO)cc1)C(=O)O. The molecule has 0 aliphatic heterocycles. The molecule has 0 atom stereocenters. The third-order valence-corrected chi connectivity index (χ3v) is 6.84. The Balaban J connectivity index is 1.69. The van der Waals surface area contributed by atoms with Crippen LogP contribution < -0.4 is 4.74 Å². The highest BCUT2D eigenvalue weighted by Gasteiger charge is 2.30. The number of halogens is 3. The van der Waals surface area contributed by atoms with Crippen LogP contribution in [0.3, 0.4) is 0 Å². The highest BCUT2D eigenvalue weighted by atomic mass is 32.2. The number of alkyl halides is 3. The Labute approximate surface area is 190 Å². The number of thiazole rings is 1. The van der Waals surface area contributed by atoms with Gasteiger partial charge < -0.3 is 14.9 Å². The van der Waals surface area contributed by atoms with E-state index in [0.717, 1.165) is 21.9 Å². The van der Waals surface area contributed by atoms with Crippen LogP contribution in [0.5, 0.6) is 5.75 Å². The van der Waals surface area contributed by atoms with Gasteiger partial charge in [0.15, 0.2) is 5.60 Å². The summed E-state index contributed by atoms with van der Waals surface area (Å²) in [5.74, 6) is -0.128. The van der Waals surface area contributed by atoms with Gasteiger partial charge in [0.1, 0.15) is 10.8 Å². The van der Waals surface area contributed by atoms with Crippen molar-refractivity contribution in [3.63, 3.8) is 0 Å². The summed E-state index contributed by atoms with van der Waals surface area (Å²) in [6.07, 6.45) is -4.40. The normalized spacial score (nSPS) is 12.1. The summed E-state index contributed by atoms with van der Waals surface area (Å²) >= 11 is 2.81. The van der Waals surface area contributed by atoms with E-state index in [1.807, 2.05) is 0 Å². The number of rotatable bonds is 8. The van der Waals surface area contributed by atoms with Crippen LogP contribution >= 0.6 is 23.1 Å². The van der Waals surface area contributed by atoms with Gasteiger partial charge in [-0.1, -0.05) is 12.1 Å². The van der Waals surface area contributed by atoms with E-state index in [0.29, 0.717) is 27.8 Å². The molecule has 3 rings (SSSR count). The van der Waals surface area contributed by atoms with Crippen LogP contribution in [-0.4, -0.2) is 26.8 Å². The van der Waals surface area contributed by atoms with Crippen molar-refractivity contribution in [1.29, 1.82) is 0 Å². The summed E-state index contributed by atoms with van der Waals surface area (Å²) in [5.41, 5.74) is -1.03. The van der Waals surface area contributed by atoms with Crippen molar-refractivity contribution in [2.24, 2.45) is 0 Å². The molecule has 0 unspecified atom stereocenters. The number of aliphatic hydroxyl groups excluding tert-OH is 1. The second-order valence-electron chi connectivity index (χ2n) is 7.30. The molecule has 0 saturated carbocycles. The van der Waals surface area contributed by atoms with Crippen LogP contribution in [0.15, 0.2) is 53.4 Å². The molecule has 2 N–H and O–H groups in total. The van der Waals surface area contributed by atoms with Crippen molar-refractivity contribution in [1.82, 2.24) is 4.98 Å². The van der Waals surface area contributed by atoms with Gasteiger partial charge in [-0.25, -0.2) is 9.78 Å². The van der Waals surface area contributed by atoms with Crippen LogP contribution in [0.1, 0.15) is 30.0 Å². The Hall–Kier alpha value is -2.56. The van der Waals surface area contributed by atoms with Gasteiger partial charge in [-0.05, 0) is 50.2 Å². The molecule has 32 heavy (non-hydrogen) atoms. The molecular formula is C22H20F3NO4S2. The number of hydrogen-bond acceptors (Lipinski definition) is 6. The zero-order valence-corrected chi connectivity index (χ0v) is 18.8. The van der Waals surface area contributed by atoms with Gasteiger partial charge in [0, 0.05) is 21.1 Å². The first-order valence-electron chi connectivity index (χ1n) is 9.42. The molecular weight excluding hydrogens is 463 g/mol. The molecule has 10 heteroatoms. The summed E-state index contributed by atoms with van der Waals surface area (Å²) in [7, 11) is 0. The number of aliphatic carboxylic acids is 1. The van der Waals surface area contributed by atoms with E-state index >= 15 is 0 Å². The van der Waals surface area contributed by atoms with Gasteiger partial charge >= 0.3 is 12.1 Å². The quantitative estimate of drug-likeness (QED) is 0.391. The molecule has 0 bridgehead atoms. The van der Waals surface area contributed by atoms with E-state index in [2.05, 4.69) is 4.98 Å². The minimum Gasteiger partial charge on any atom is -0.478 e. The van der Waals surface area contributed by atoms with Gasteiger partial charge in [0.2, 0.25) is 0 Å². The standard InChI is InChI=1S/C22H20F3NO4S2/c1-21(2,20(28)29)30-15-7-9-16(10-8-15)31-12-18-17(11-27)26-19(32-18)13-3-5-14(6-4-13)22(23,24)25/h3-10,27H,11-12H2,1-2H3,(H,28,29). The molecule has 0 aliphatic rings. The van der Waals surface area contributed by atoms with Crippen molar-refractivity contribution in [3.8, 4) is 16.3 Å². The van der Waals surface area contributed by atoms with Gasteiger partial charge in [0.25, 0.3) is 0 Å². The van der Waals surface area contributed by atoms with E-state index in [-0.39, 0.29) is 6.61 Å². The van der Waals surface area contributed by atoms with Crippen molar-refractivity contribution in [2.45, 2.75) is 42.9 Å². The number of thioether (sulfide) groups is 1. The molecule has 5 nitrogen and oxygen atoms in total. The second kappa shape index (κ2) is 9.51. The number of aliphatic hydroxyl groups is 1. The molecule has 0 fully saturated rings. The van der Waals surface area contributed by atoms with E-state index < -0.39 is 23.3 Å². The highest BCUT2D eigenvalue weighted by Crippen LogP contribution is 2.35. The Morgan fingerprint density at radius 2 is 1.72 bits per heavy atom. The Kier molecular flexibility index (Phi) is 7.16. The number of carboxylic acids is 1. The van der Waals surface area contributed by atoms with Gasteiger partial charge in [-0.2, -0.15) is 13.2 Å². The van der Waals surface area contributed by atoms with Crippen molar-refractivity contribution < 1.29 is 32.9 Å². The smallest absolute Gasteiger partial charge is 0.416 e. The van der Waals surface area contributed by atoms with E-state index in [4.69, 9.17) is 9.84 Å². The number of carbonyl (C=O) groups is 1. The molecule has 3 aromatic rings. The molecule has 0 saturated heterocycles. The van der Waals surface area contributed by atoms with Crippen LogP contribution in [0, 0.1) is 0 Å². The predicted molar refractivity (Wildman–Crippen MR) is 117 cm³/mol. The van der Waals surface area contributed by atoms with Crippen molar-refractivity contribution in [2.75, 3.05) is 0 Å². The fourth-order valence-corrected chi connectivity index (χ4v) is 4.71. The largest absolute Gasteiger partial charge is 0.478 e. The third kappa shape index (κ3) is 5.81. The molecule has 1 heterocycles. The van der Waals surface area contributed by atoms with Crippen molar-refractivity contribution in [3.05, 3.63) is 64.7 Å². The van der Waals surface area contributed by atoms with Crippen LogP contribution in [0.2, 0.25) is 0 Å². The highest BCUT2D eigenvalue weighted by molar-refractivity contribution is 7.98. The predicted octanol–water partition coefficient (Wildman–Crippen LogP) is 5.86. The molecule has 0 amide bonds. The molecule has 0 aliphatic carbocycles. The number of benzene rings is 2. The first-order chi connectivity index (χ1) is 15.0. The van der Waals surface area contributed by atoms with Crippen LogP contribution in [0.4, 0.5) is 13.2 Å². The summed E-state index contributed by atoms with van der Waals surface area (Å²) in [5, 5.41) is 19.3. The number of hydrogen-bond donors (Lipinski definition) is 2.